The quantitative estimate of drug-likeness (QED) is 0.829. The van der Waals surface area contributed by atoms with E-state index < -0.39 is 15.4 Å². The van der Waals surface area contributed by atoms with Crippen LogP contribution < -0.4 is 0 Å². The molecule has 1 amide bonds. The molecule has 2 aliphatic heterocycles. The second-order valence-electron chi connectivity index (χ2n) is 7.21. The van der Waals surface area contributed by atoms with E-state index in [1.165, 1.54) is 16.4 Å². The molecule has 4 rings (SSSR count). The van der Waals surface area contributed by atoms with Crippen LogP contribution in [0.4, 0.5) is 4.39 Å². The molecule has 2 heterocycles. The number of likely N-dealkylation sites (tertiary alicyclic amines) is 1. The van der Waals surface area contributed by atoms with Gasteiger partial charge in [0.25, 0.3) is 0 Å². The molecule has 130 valence electrons. The Morgan fingerprint density at radius 3 is 2.67 bits per heavy atom. The Bertz CT molecular complexity index is 778. The molecule has 5 nitrogen and oxygen atoms in total. The van der Waals surface area contributed by atoms with Crippen molar-refractivity contribution in [2.24, 2.45) is 5.41 Å². The van der Waals surface area contributed by atoms with Gasteiger partial charge in [-0.05, 0) is 43.4 Å². The van der Waals surface area contributed by atoms with Gasteiger partial charge in [0, 0.05) is 26.2 Å². The number of hydrogen-bond donors (Lipinski definition) is 0. The standard InChI is InChI=1S/C17H21FN2O3S/c18-14-3-1-2-13(10-14)11-19-8-6-17(16(19)21)7-9-20(12-17)24(22,23)15-4-5-15/h1-3,10,15H,4-9,11-12H2/t17-/m0/s1. The van der Waals surface area contributed by atoms with Gasteiger partial charge in [-0.25, -0.2) is 17.1 Å². The van der Waals surface area contributed by atoms with Gasteiger partial charge in [-0.2, -0.15) is 0 Å². The largest absolute Gasteiger partial charge is 0.338 e. The summed E-state index contributed by atoms with van der Waals surface area (Å²) in [6.45, 7) is 1.74. The maximum Gasteiger partial charge on any atom is 0.230 e. The summed E-state index contributed by atoms with van der Waals surface area (Å²) in [5.74, 6) is -0.295. The lowest BCUT2D eigenvalue weighted by molar-refractivity contribution is -0.135. The first-order valence-corrected chi connectivity index (χ1v) is 9.94. The van der Waals surface area contributed by atoms with Gasteiger partial charge in [-0.3, -0.25) is 4.79 Å². The van der Waals surface area contributed by atoms with Crippen molar-refractivity contribution in [2.75, 3.05) is 19.6 Å². The van der Waals surface area contributed by atoms with Crippen molar-refractivity contribution >= 4 is 15.9 Å². The highest BCUT2D eigenvalue weighted by Crippen LogP contribution is 2.44. The van der Waals surface area contributed by atoms with E-state index in [1.54, 1.807) is 17.0 Å². The minimum atomic E-state index is -3.22. The zero-order valence-electron chi connectivity index (χ0n) is 13.4. The van der Waals surface area contributed by atoms with E-state index in [-0.39, 0.29) is 17.0 Å². The third kappa shape index (κ3) is 2.63. The van der Waals surface area contributed by atoms with Gasteiger partial charge < -0.3 is 4.90 Å². The van der Waals surface area contributed by atoms with E-state index in [2.05, 4.69) is 0 Å². The number of benzene rings is 1. The molecule has 0 unspecified atom stereocenters. The van der Waals surface area contributed by atoms with Crippen molar-refractivity contribution in [1.82, 2.24) is 9.21 Å². The van der Waals surface area contributed by atoms with Crippen LogP contribution in [0.15, 0.2) is 24.3 Å². The molecular weight excluding hydrogens is 331 g/mol. The highest BCUT2D eigenvalue weighted by Gasteiger charge is 2.54. The average Bonchev–Trinajstić information content (AvgIpc) is 3.26. The third-order valence-electron chi connectivity index (χ3n) is 5.49. The predicted octanol–water partition coefficient (Wildman–Crippen LogP) is 1.74. The number of carbonyl (C=O) groups is 1. The van der Waals surface area contributed by atoms with Crippen LogP contribution in [0.2, 0.25) is 0 Å². The maximum atomic E-state index is 13.3. The van der Waals surface area contributed by atoms with Crippen molar-refractivity contribution in [3.05, 3.63) is 35.6 Å². The van der Waals surface area contributed by atoms with Gasteiger partial charge in [-0.1, -0.05) is 12.1 Å². The highest BCUT2D eigenvalue weighted by molar-refractivity contribution is 7.90. The smallest absolute Gasteiger partial charge is 0.230 e. The fourth-order valence-corrected chi connectivity index (χ4v) is 5.83. The van der Waals surface area contributed by atoms with Crippen LogP contribution in [-0.4, -0.2) is 48.4 Å². The van der Waals surface area contributed by atoms with Gasteiger partial charge in [-0.15, -0.1) is 0 Å². The van der Waals surface area contributed by atoms with Crippen LogP contribution >= 0.6 is 0 Å². The Balaban J connectivity index is 1.47. The highest BCUT2D eigenvalue weighted by atomic mass is 32.2. The number of sulfonamides is 1. The van der Waals surface area contributed by atoms with E-state index in [4.69, 9.17) is 0 Å². The Kier molecular flexibility index (Phi) is 3.69. The van der Waals surface area contributed by atoms with Crippen LogP contribution in [0.25, 0.3) is 0 Å². The summed E-state index contributed by atoms with van der Waals surface area (Å²) in [6.07, 6.45) is 2.76. The molecule has 3 fully saturated rings. The summed E-state index contributed by atoms with van der Waals surface area (Å²) in [6, 6.07) is 6.27. The zero-order valence-corrected chi connectivity index (χ0v) is 14.3. The lowest BCUT2D eigenvalue weighted by Crippen LogP contribution is -2.39. The minimum absolute atomic E-state index is 0.0141. The molecule has 24 heavy (non-hydrogen) atoms. The summed E-state index contributed by atoms with van der Waals surface area (Å²) in [4.78, 5) is 14.6. The number of halogens is 1. The second-order valence-corrected chi connectivity index (χ2v) is 9.43. The Morgan fingerprint density at radius 2 is 1.96 bits per heavy atom. The molecule has 1 spiro atoms. The molecule has 1 aromatic carbocycles. The predicted molar refractivity (Wildman–Crippen MR) is 87.0 cm³/mol. The normalized spacial score (nSPS) is 28.2. The van der Waals surface area contributed by atoms with Crippen LogP contribution in [0.5, 0.6) is 0 Å². The van der Waals surface area contributed by atoms with E-state index in [1.807, 2.05) is 0 Å². The fraction of sp³-hybridized carbons (Fsp3) is 0.588. The molecule has 0 bridgehead atoms. The van der Waals surface area contributed by atoms with Gasteiger partial charge in [0.05, 0.1) is 10.7 Å². The summed E-state index contributed by atoms with van der Waals surface area (Å²) in [5.41, 5.74) is 0.191. The van der Waals surface area contributed by atoms with Crippen LogP contribution in [-0.2, 0) is 21.4 Å². The van der Waals surface area contributed by atoms with Crippen molar-refractivity contribution in [3.8, 4) is 0 Å². The summed E-state index contributed by atoms with van der Waals surface area (Å²) in [7, 11) is -3.22. The first-order chi connectivity index (χ1) is 11.4. The second kappa shape index (κ2) is 5.52. The van der Waals surface area contributed by atoms with E-state index in [0.29, 0.717) is 39.0 Å². The number of rotatable bonds is 4. The molecule has 3 aliphatic rings. The van der Waals surface area contributed by atoms with Gasteiger partial charge in [0.15, 0.2) is 0 Å². The maximum absolute atomic E-state index is 13.3. The molecule has 1 aliphatic carbocycles. The average molecular weight is 352 g/mol. The molecule has 1 atom stereocenters. The van der Waals surface area contributed by atoms with Gasteiger partial charge >= 0.3 is 0 Å². The van der Waals surface area contributed by atoms with Crippen LogP contribution in [0.3, 0.4) is 0 Å². The molecular formula is C17H21FN2O3S. The van der Waals surface area contributed by atoms with Crippen LogP contribution in [0, 0.1) is 11.2 Å². The summed E-state index contributed by atoms with van der Waals surface area (Å²) >= 11 is 0. The Labute approximate surface area is 141 Å². The first-order valence-electron chi connectivity index (χ1n) is 8.44. The lowest BCUT2D eigenvalue weighted by atomic mass is 9.86. The van der Waals surface area contributed by atoms with Crippen molar-refractivity contribution in [1.29, 1.82) is 0 Å². The van der Waals surface area contributed by atoms with Crippen molar-refractivity contribution in [2.45, 2.75) is 37.5 Å². The number of hydrogen-bond acceptors (Lipinski definition) is 3. The van der Waals surface area contributed by atoms with Crippen molar-refractivity contribution in [3.63, 3.8) is 0 Å². The number of carbonyl (C=O) groups excluding carboxylic acids is 1. The monoisotopic (exact) mass is 352 g/mol. The summed E-state index contributed by atoms with van der Waals surface area (Å²) in [5, 5.41) is -0.229. The lowest BCUT2D eigenvalue weighted by Gasteiger charge is -2.23. The Hall–Kier alpha value is -1.47. The summed E-state index contributed by atoms with van der Waals surface area (Å²) < 4.78 is 39.7. The number of nitrogens with zero attached hydrogens (tertiary/aromatic N) is 2. The van der Waals surface area contributed by atoms with E-state index in [0.717, 1.165) is 18.4 Å². The van der Waals surface area contributed by atoms with Crippen LogP contribution in [0.1, 0.15) is 31.2 Å². The SMILES string of the molecule is O=C1N(Cc2cccc(F)c2)CC[C@@]12CCN(S(=O)(=O)C1CC1)C2. The molecule has 7 heteroatoms. The topological polar surface area (TPSA) is 57.7 Å². The number of amides is 1. The van der Waals surface area contributed by atoms with E-state index in [9.17, 15) is 17.6 Å². The van der Waals surface area contributed by atoms with Gasteiger partial charge in [0.1, 0.15) is 5.82 Å². The molecule has 0 N–H and O–H groups in total. The molecule has 0 aromatic heterocycles. The first kappa shape index (κ1) is 16.0. The molecule has 1 aromatic rings. The van der Waals surface area contributed by atoms with Gasteiger partial charge in [0.2, 0.25) is 15.9 Å². The third-order valence-corrected chi connectivity index (χ3v) is 7.83. The van der Waals surface area contributed by atoms with Crippen molar-refractivity contribution < 1.29 is 17.6 Å². The minimum Gasteiger partial charge on any atom is -0.338 e. The fourth-order valence-electron chi connectivity index (χ4n) is 3.91. The Morgan fingerprint density at radius 1 is 1.21 bits per heavy atom. The molecule has 1 saturated carbocycles. The molecule has 0 radical (unpaired) electrons. The zero-order chi connectivity index (χ0) is 16.9. The van der Waals surface area contributed by atoms with E-state index >= 15 is 0 Å². The molecule has 2 saturated heterocycles.